The number of ketones is 1. The highest BCUT2D eigenvalue weighted by Crippen LogP contribution is 2.28. The molecule has 2 rings (SSSR count). The van der Waals surface area contributed by atoms with E-state index in [1.807, 2.05) is 0 Å². The average Bonchev–Trinajstić information content (AvgIpc) is 2.78. The first-order chi connectivity index (χ1) is 10.3. The lowest BCUT2D eigenvalue weighted by Crippen LogP contribution is -2.21. The SMILES string of the molecule is COCc1nc(C(F)(F)F)ccc1C(=O)c1c[nH]n(C)c1=O. The van der Waals surface area contributed by atoms with E-state index >= 15 is 0 Å². The molecule has 118 valence electrons. The number of aryl methyl sites for hydroxylation is 1. The number of aromatic nitrogens is 3. The molecular formula is C13H12F3N3O3. The summed E-state index contributed by atoms with van der Waals surface area (Å²) >= 11 is 0. The van der Waals surface area contributed by atoms with Gasteiger partial charge in [-0.25, -0.2) is 4.98 Å². The van der Waals surface area contributed by atoms with Gasteiger partial charge < -0.3 is 9.84 Å². The van der Waals surface area contributed by atoms with Crippen LogP contribution >= 0.6 is 0 Å². The molecule has 1 N–H and O–H groups in total. The largest absolute Gasteiger partial charge is 0.433 e. The van der Waals surface area contributed by atoms with Gasteiger partial charge in [-0.3, -0.25) is 14.3 Å². The van der Waals surface area contributed by atoms with Crippen molar-refractivity contribution in [2.24, 2.45) is 7.05 Å². The molecule has 6 nitrogen and oxygen atoms in total. The number of alkyl halides is 3. The molecule has 0 saturated heterocycles. The highest BCUT2D eigenvalue weighted by Gasteiger charge is 2.33. The molecule has 0 unspecified atom stereocenters. The zero-order valence-electron chi connectivity index (χ0n) is 11.7. The molecule has 0 amide bonds. The fourth-order valence-electron chi connectivity index (χ4n) is 1.88. The van der Waals surface area contributed by atoms with Crippen molar-refractivity contribution in [1.29, 1.82) is 0 Å². The maximum absolute atomic E-state index is 12.7. The van der Waals surface area contributed by atoms with E-state index in [1.54, 1.807) is 0 Å². The van der Waals surface area contributed by atoms with Crippen molar-refractivity contribution in [2.45, 2.75) is 12.8 Å². The molecule has 2 aromatic heterocycles. The lowest BCUT2D eigenvalue weighted by atomic mass is 10.0. The van der Waals surface area contributed by atoms with Gasteiger partial charge in [0.15, 0.2) is 0 Å². The maximum Gasteiger partial charge on any atom is 0.433 e. The number of ether oxygens (including phenoxy) is 1. The summed E-state index contributed by atoms with van der Waals surface area (Å²) in [6.45, 7) is -0.282. The van der Waals surface area contributed by atoms with Crippen LogP contribution in [0.3, 0.4) is 0 Å². The van der Waals surface area contributed by atoms with Crippen LogP contribution in [0.1, 0.15) is 27.3 Å². The molecule has 0 aliphatic rings. The van der Waals surface area contributed by atoms with Gasteiger partial charge in [0.2, 0.25) is 5.78 Å². The second-order valence-electron chi connectivity index (χ2n) is 4.50. The summed E-state index contributed by atoms with van der Waals surface area (Å²) in [6.07, 6.45) is -3.44. The fourth-order valence-corrected chi connectivity index (χ4v) is 1.88. The Morgan fingerprint density at radius 2 is 2.05 bits per heavy atom. The van der Waals surface area contributed by atoms with E-state index in [1.165, 1.54) is 20.4 Å². The first kappa shape index (κ1) is 16.0. The van der Waals surface area contributed by atoms with Crippen LogP contribution in [0, 0.1) is 0 Å². The molecule has 0 fully saturated rings. The summed E-state index contributed by atoms with van der Waals surface area (Å²) in [5, 5.41) is 2.53. The van der Waals surface area contributed by atoms with Gasteiger partial charge in [0.1, 0.15) is 11.3 Å². The number of carbonyl (C=O) groups excluding carboxylic acids is 1. The van der Waals surface area contributed by atoms with E-state index in [0.717, 1.165) is 10.7 Å². The highest BCUT2D eigenvalue weighted by molar-refractivity contribution is 6.09. The Balaban J connectivity index is 2.52. The molecule has 0 aliphatic heterocycles. The molecule has 0 spiro atoms. The molecule has 2 aromatic rings. The number of H-pyrrole nitrogens is 1. The van der Waals surface area contributed by atoms with E-state index in [-0.39, 0.29) is 23.4 Å². The van der Waals surface area contributed by atoms with E-state index in [4.69, 9.17) is 4.74 Å². The van der Waals surface area contributed by atoms with Gasteiger partial charge >= 0.3 is 6.18 Å². The highest BCUT2D eigenvalue weighted by atomic mass is 19.4. The van der Waals surface area contributed by atoms with Crippen molar-refractivity contribution < 1.29 is 22.7 Å². The van der Waals surface area contributed by atoms with E-state index in [2.05, 4.69) is 10.1 Å². The Kier molecular flexibility index (Phi) is 4.18. The predicted octanol–water partition coefficient (Wildman–Crippen LogP) is 1.50. The van der Waals surface area contributed by atoms with Crippen molar-refractivity contribution >= 4 is 5.78 Å². The van der Waals surface area contributed by atoms with Crippen LogP contribution < -0.4 is 5.56 Å². The number of rotatable bonds is 4. The molecule has 0 aliphatic carbocycles. The quantitative estimate of drug-likeness (QED) is 0.868. The Bertz CT molecular complexity index is 762. The smallest absolute Gasteiger partial charge is 0.378 e. The number of halogens is 3. The predicted molar refractivity (Wildman–Crippen MR) is 69.4 cm³/mol. The Hall–Kier alpha value is -2.42. The van der Waals surface area contributed by atoms with Crippen LogP contribution in [0.2, 0.25) is 0 Å². The molecule has 0 saturated carbocycles. The van der Waals surface area contributed by atoms with Gasteiger partial charge in [-0.2, -0.15) is 13.2 Å². The number of hydrogen-bond donors (Lipinski definition) is 1. The molecule has 0 bridgehead atoms. The summed E-state index contributed by atoms with van der Waals surface area (Å²) in [6, 6.07) is 1.70. The molecule has 22 heavy (non-hydrogen) atoms. The van der Waals surface area contributed by atoms with Crippen molar-refractivity contribution in [2.75, 3.05) is 7.11 Å². The molecule has 0 atom stereocenters. The topological polar surface area (TPSA) is 77.0 Å². The van der Waals surface area contributed by atoms with E-state index in [9.17, 15) is 22.8 Å². The van der Waals surface area contributed by atoms with Crippen LogP contribution in [0.5, 0.6) is 0 Å². The van der Waals surface area contributed by atoms with Crippen molar-refractivity contribution in [3.8, 4) is 0 Å². The molecule has 0 aromatic carbocycles. The molecular weight excluding hydrogens is 303 g/mol. The Morgan fingerprint density at radius 3 is 2.55 bits per heavy atom. The van der Waals surface area contributed by atoms with Crippen molar-refractivity contribution in [3.63, 3.8) is 0 Å². The minimum atomic E-state index is -4.63. The second kappa shape index (κ2) is 5.76. The minimum absolute atomic E-state index is 0.105. The van der Waals surface area contributed by atoms with Gasteiger partial charge in [0, 0.05) is 25.9 Å². The fraction of sp³-hybridized carbons (Fsp3) is 0.308. The number of nitrogens with one attached hydrogen (secondary N) is 1. The van der Waals surface area contributed by atoms with Gasteiger partial charge in [0.05, 0.1) is 12.3 Å². The summed E-state index contributed by atoms with van der Waals surface area (Å²) < 4.78 is 43.9. The van der Waals surface area contributed by atoms with Crippen molar-refractivity contribution in [3.05, 3.63) is 51.2 Å². The number of pyridine rings is 1. The van der Waals surface area contributed by atoms with Crippen LogP contribution in [-0.2, 0) is 24.6 Å². The normalized spacial score (nSPS) is 11.7. The van der Waals surface area contributed by atoms with Gasteiger partial charge in [0.25, 0.3) is 5.56 Å². The third kappa shape index (κ3) is 2.93. The summed E-state index contributed by atoms with van der Waals surface area (Å²) in [4.78, 5) is 27.5. The van der Waals surface area contributed by atoms with Crippen molar-refractivity contribution in [1.82, 2.24) is 14.8 Å². The van der Waals surface area contributed by atoms with Crippen LogP contribution in [-0.4, -0.2) is 27.7 Å². The molecule has 9 heteroatoms. The number of hydrogen-bond acceptors (Lipinski definition) is 4. The lowest BCUT2D eigenvalue weighted by Gasteiger charge is -2.11. The van der Waals surface area contributed by atoms with E-state index in [0.29, 0.717) is 6.07 Å². The van der Waals surface area contributed by atoms with Crippen LogP contribution in [0.4, 0.5) is 13.2 Å². The maximum atomic E-state index is 12.7. The molecule has 0 radical (unpaired) electrons. The lowest BCUT2D eigenvalue weighted by molar-refractivity contribution is -0.141. The monoisotopic (exact) mass is 315 g/mol. The van der Waals surface area contributed by atoms with Crippen LogP contribution in [0.15, 0.2) is 23.1 Å². The third-order valence-electron chi connectivity index (χ3n) is 2.97. The number of aromatic amines is 1. The second-order valence-corrected chi connectivity index (χ2v) is 4.50. The molecule has 2 heterocycles. The summed E-state index contributed by atoms with van der Waals surface area (Å²) in [7, 11) is 2.69. The average molecular weight is 315 g/mol. The number of carbonyl (C=O) groups is 1. The Morgan fingerprint density at radius 1 is 1.36 bits per heavy atom. The number of methoxy groups -OCH3 is 1. The van der Waals surface area contributed by atoms with Crippen LogP contribution in [0.25, 0.3) is 0 Å². The summed E-state index contributed by atoms with van der Waals surface area (Å²) in [5.74, 6) is -0.713. The summed E-state index contributed by atoms with van der Waals surface area (Å²) in [5.41, 5.74) is -2.16. The van der Waals surface area contributed by atoms with Gasteiger partial charge in [-0.1, -0.05) is 0 Å². The minimum Gasteiger partial charge on any atom is -0.378 e. The first-order valence-electron chi connectivity index (χ1n) is 6.11. The standard InChI is InChI=1S/C13H12F3N3O3/c1-19-12(21)8(5-17-19)11(20)7-3-4-10(13(14,15)16)18-9(7)6-22-2/h3-5,17H,6H2,1-2H3. The Labute approximate surface area is 122 Å². The number of nitrogens with zero attached hydrogens (tertiary/aromatic N) is 2. The van der Waals surface area contributed by atoms with Gasteiger partial charge in [-0.05, 0) is 12.1 Å². The zero-order chi connectivity index (χ0) is 16.5. The third-order valence-corrected chi connectivity index (χ3v) is 2.97. The van der Waals surface area contributed by atoms with E-state index < -0.39 is 23.2 Å². The first-order valence-corrected chi connectivity index (χ1v) is 6.11. The van der Waals surface area contributed by atoms with Gasteiger partial charge in [-0.15, -0.1) is 0 Å². The zero-order valence-corrected chi connectivity index (χ0v) is 11.7.